The second-order valence-corrected chi connectivity index (χ2v) is 3.39. The molecule has 1 aliphatic carbocycles. The van der Waals surface area contributed by atoms with E-state index < -0.39 is 0 Å². The zero-order valence-corrected chi connectivity index (χ0v) is 6.93. The van der Waals surface area contributed by atoms with Crippen molar-refractivity contribution < 1.29 is 0 Å². The quantitative estimate of drug-likeness (QED) is 0.553. The van der Waals surface area contributed by atoms with Crippen molar-refractivity contribution in [2.75, 3.05) is 0 Å². The highest BCUT2D eigenvalue weighted by molar-refractivity contribution is 5.10. The molecule has 10 heavy (non-hydrogen) atoms. The number of hydrogen-bond donors (Lipinski definition) is 1. The van der Waals surface area contributed by atoms with Gasteiger partial charge in [0.25, 0.3) is 0 Å². The Morgan fingerprint density at radius 3 is 2.90 bits per heavy atom. The molecule has 0 saturated carbocycles. The predicted octanol–water partition coefficient (Wildman–Crippen LogP) is 2.08. The summed E-state index contributed by atoms with van der Waals surface area (Å²) in [6.07, 6.45) is 5.85. The van der Waals surface area contributed by atoms with Crippen LogP contribution in [0.25, 0.3) is 0 Å². The first-order valence-corrected chi connectivity index (χ1v) is 4.17. The third-order valence-corrected chi connectivity index (χ3v) is 2.19. The van der Waals surface area contributed by atoms with Crippen molar-refractivity contribution in [2.24, 2.45) is 11.7 Å². The van der Waals surface area contributed by atoms with Crippen LogP contribution >= 0.6 is 0 Å². The van der Waals surface area contributed by atoms with Gasteiger partial charge in [0, 0.05) is 6.04 Å². The number of hydrogen-bond acceptors (Lipinski definition) is 1. The first-order valence-electron chi connectivity index (χ1n) is 4.17. The molecule has 0 aromatic carbocycles. The molecular formula is C9H17N. The minimum atomic E-state index is 0.332. The van der Waals surface area contributed by atoms with E-state index in [0.29, 0.717) is 6.04 Å². The lowest BCUT2D eigenvalue weighted by Crippen LogP contribution is -2.24. The normalized spacial score (nSPS) is 33.7. The van der Waals surface area contributed by atoms with Crippen LogP contribution < -0.4 is 5.73 Å². The van der Waals surface area contributed by atoms with Gasteiger partial charge in [-0.2, -0.15) is 0 Å². The summed E-state index contributed by atoms with van der Waals surface area (Å²) < 4.78 is 0. The Bertz CT molecular complexity index is 138. The van der Waals surface area contributed by atoms with Gasteiger partial charge in [0.2, 0.25) is 0 Å². The first kappa shape index (κ1) is 7.80. The van der Waals surface area contributed by atoms with Crippen molar-refractivity contribution >= 4 is 0 Å². The van der Waals surface area contributed by atoms with Crippen LogP contribution in [0.15, 0.2) is 11.6 Å². The molecule has 0 aromatic heterocycles. The van der Waals surface area contributed by atoms with E-state index in [1.165, 1.54) is 19.3 Å². The Morgan fingerprint density at radius 1 is 1.70 bits per heavy atom. The molecule has 2 atom stereocenters. The zero-order valence-electron chi connectivity index (χ0n) is 6.93. The fraction of sp³-hybridized carbons (Fsp3) is 0.778. The minimum Gasteiger partial charge on any atom is -0.324 e. The molecule has 0 aliphatic heterocycles. The average molecular weight is 139 g/mol. The lowest BCUT2D eigenvalue weighted by atomic mass is 9.87. The van der Waals surface area contributed by atoms with E-state index in [4.69, 9.17) is 5.73 Å². The Morgan fingerprint density at radius 2 is 2.40 bits per heavy atom. The minimum absolute atomic E-state index is 0.332. The van der Waals surface area contributed by atoms with Gasteiger partial charge in [0.1, 0.15) is 0 Å². The van der Waals surface area contributed by atoms with Gasteiger partial charge in [0.15, 0.2) is 0 Å². The largest absolute Gasteiger partial charge is 0.324 e. The molecule has 1 nitrogen and oxygen atoms in total. The van der Waals surface area contributed by atoms with Crippen LogP contribution in [0.4, 0.5) is 0 Å². The highest BCUT2D eigenvalue weighted by Gasteiger charge is 2.14. The molecule has 0 fully saturated rings. The molecule has 0 spiro atoms. The van der Waals surface area contributed by atoms with E-state index in [9.17, 15) is 0 Å². The van der Waals surface area contributed by atoms with Crippen molar-refractivity contribution in [1.82, 2.24) is 0 Å². The van der Waals surface area contributed by atoms with Crippen molar-refractivity contribution in [2.45, 2.75) is 39.2 Å². The third-order valence-electron chi connectivity index (χ3n) is 2.19. The molecule has 2 N–H and O–H groups in total. The summed E-state index contributed by atoms with van der Waals surface area (Å²) in [6.45, 7) is 4.49. The summed E-state index contributed by atoms with van der Waals surface area (Å²) in [6, 6.07) is 0.332. The highest BCUT2D eigenvalue weighted by atomic mass is 14.6. The number of rotatable bonds is 1. The molecule has 0 saturated heterocycles. The van der Waals surface area contributed by atoms with Gasteiger partial charge in [-0.05, 0) is 25.2 Å². The van der Waals surface area contributed by atoms with E-state index >= 15 is 0 Å². The second kappa shape index (κ2) is 3.20. The molecule has 0 heterocycles. The summed E-state index contributed by atoms with van der Waals surface area (Å²) in [7, 11) is 0. The van der Waals surface area contributed by atoms with Gasteiger partial charge in [-0.25, -0.2) is 0 Å². The van der Waals surface area contributed by atoms with Gasteiger partial charge in [-0.1, -0.05) is 25.5 Å². The fourth-order valence-electron chi connectivity index (χ4n) is 1.70. The summed E-state index contributed by atoms with van der Waals surface area (Å²) in [5.41, 5.74) is 7.36. The molecular weight excluding hydrogens is 122 g/mol. The molecule has 0 bridgehead atoms. The third kappa shape index (κ3) is 1.84. The van der Waals surface area contributed by atoms with Gasteiger partial charge in [-0.15, -0.1) is 0 Å². The molecule has 1 rings (SSSR count). The van der Waals surface area contributed by atoms with E-state index in [0.717, 1.165) is 5.92 Å². The Labute approximate surface area is 63.3 Å². The maximum absolute atomic E-state index is 5.81. The van der Waals surface area contributed by atoms with Gasteiger partial charge in [-0.3, -0.25) is 0 Å². The molecule has 0 aromatic rings. The molecule has 1 aliphatic rings. The van der Waals surface area contributed by atoms with Gasteiger partial charge < -0.3 is 5.73 Å². The molecule has 0 amide bonds. The van der Waals surface area contributed by atoms with Crippen LogP contribution in [-0.2, 0) is 0 Å². The van der Waals surface area contributed by atoms with Crippen LogP contribution in [0.3, 0.4) is 0 Å². The molecule has 1 heteroatoms. The van der Waals surface area contributed by atoms with Gasteiger partial charge >= 0.3 is 0 Å². The van der Waals surface area contributed by atoms with Crippen LogP contribution in [0.1, 0.15) is 33.1 Å². The Hall–Kier alpha value is -0.300. The van der Waals surface area contributed by atoms with E-state index in [1.54, 1.807) is 5.57 Å². The fourth-order valence-corrected chi connectivity index (χ4v) is 1.70. The summed E-state index contributed by atoms with van der Waals surface area (Å²) >= 11 is 0. The topological polar surface area (TPSA) is 26.0 Å². The van der Waals surface area contributed by atoms with Crippen LogP contribution in [-0.4, -0.2) is 6.04 Å². The average Bonchev–Trinajstić information content (AvgIpc) is 1.85. The van der Waals surface area contributed by atoms with Crippen molar-refractivity contribution in [3.8, 4) is 0 Å². The maximum Gasteiger partial charge on any atom is 0.0228 e. The maximum atomic E-state index is 5.81. The summed E-state index contributed by atoms with van der Waals surface area (Å²) in [5, 5.41) is 0. The van der Waals surface area contributed by atoms with E-state index in [2.05, 4.69) is 19.9 Å². The standard InChI is InChI=1S/C9H17N/c1-3-8-4-7(2)5-9(10)6-8/h6-7,9H,3-5,10H2,1-2H3. The van der Waals surface area contributed by atoms with Crippen molar-refractivity contribution in [1.29, 1.82) is 0 Å². The molecule has 58 valence electrons. The zero-order chi connectivity index (χ0) is 7.56. The molecule has 2 unspecified atom stereocenters. The van der Waals surface area contributed by atoms with E-state index in [-0.39, 0.29) is 0 Å². The number of allylic oxidation sites excluding steroid dienone is 1. The lowest BCUT2D eigenvalue weighted by Gasteiger charge is -2.22. The monoisotopic (exact) mass is 139 g/mol. The van der Waals surface area contributed by atoms with Crippen LogP contribution in [0, 0.1) is 5.92 Å². The number of nitrogens with two attached hydrogens (primary N) is 1. The Kier molecular flexibility index (Phi) is 2.50. The predicted molar refractivity (Wildman–Crippen MR) is 44.7 cm³/mol. The molecule has 0 radical (unpaired) electrons. The summed E-state index contributed by atoms with van der Waals surface area (Å²) in [4.78, 5) is 0. The smallest absolute Gasteiger partial charge is 0.0228 e. The lowest BCUT2D eigenvalue weighted by molar-refractivity contribution is 0.466. The SMILES string of the molecule is CCC1=CC(N)CC(C)C1. The van der Waals surface area contributed by atoms with E-state index in [1.807, 2.05) is 0 Å². The second-order valence-electron chi connectivity index (χ2n) is 3.39. The van der Waals surface area contributed by atoms with Crippen molar-refractivity contribution in [3.63, 3.8) is 0 Å². The van der Waals surface area contributed by atoms with Crippen LogP contribution in [0.2, 0.25) is 0 Å². The summed E-state index contributed by atoms with van der Waals surface area (Å²) in [5.74, 6) is 0.801. The first-order chi connectivity index (χ1) is 4.72. The highest BCUT2D eigenvalue weighted by Crippen LogP contribution is 2.24. The van der Waals surface area contributed by atoms with Crippen molar-refractivity contribution in [3.05, 3.63) is 11.6 Å². The van der Waals surface area contributed by atoms with Crippen LogP contribution in [0.5, 0.6) is 0 Å². The Balaban J connectivity index is 2.56. The van der Waals surface area contributed by atoms with Gasteiger partial charge in [0.05, 0.1) is 0 Å².